The van der Waals surface area contributed by atoms with Crippen molar-refractivity contribution in [2.24, 2.45) is 5.92 Å². The molecule has 7 nitrogen and oxygen atoms in total. The van der Waals surface area contributed by atoms with E-state index in [9.17, 15) is 9.00 Å². The van der Waals surface area contributed by atoms with E-state index in [2.05, 4.69) is 27.2 Å². The zero-order valence-electron chi connectivity index (χ0n) is 21.8. The highest BCUT2D eigenvalue weighted by atomic mass is 32.2. The van der Waals surface area contributed by atoms with Crippen LogP contribution in [0, 0.1) is 5.92 Å². The number of hydrogen-bond acceptors (Lipinski definition) is 5. The average molecular weight is 505 g/mol. The molecule has 0 aliphatic carbocycles. The Morgan fingerprint density at radius 1 is 1.00 bits per heavy atom. The number of rotatable bonds is 6. The first-order valence-corrected chi connectivity index (χ1v) is 14.6. The molecule has 1 N–H and O–H groups in total. The minimum atomic E-state index is -1.18. The van der Waals surface area contributed by atoms with Crippen LogP contribution in [0.4, 0.5) is 10.5 Å². The summed E-state index contributed by atoms with van der Waals surface area (Å²) in [6, 6.07) is 8.36. The van der Waals surface area contributed by atoms with Crippen molar-refractivity contribution in [3.8, 4) is 0 Å². The molecular formula is C27H44N4O3S. The highest BCUT2D eigenvalue weighted by Gasteiger charge is 2.27. The smallest absolute Gasteiger partial charge is 0.407 e. The van der Waals surface area contributed by atoms with Crippen molar-refractivity contribution in [3.63, 3.8) is 0 Å². The van der Waals surface area contributed by atoms with E-state index >= 15 is 0 Å². The highest BCUT2D eigenvalue weighted by Crippen LogP contribution is 2.27. The maximum Gasteiger partial charge on any atom is 0.407 e. The van der Waals surface area contributed by atoms with E-state index in [1.807, 2.05) is 37.2 Å². The number of carbonyl (C=O) groups is 1. The predicted molar refractivity (Wildman–Crippen MR) is 142 cm³/mol. The van der Waals surface area contributed by atoms with E-state index in [0.717, 1.165) is 36.7 Å². The summed E-state index contributed by atoms with van der Waals surface area (Å²) in [5.41, 5.74) is 0.689. The van der Waals surface area contributed by atoms with Crippen molar-refractivity contribution in [1.82, 2.24) is 14.5 Å². The van der Waals surface area contributed by atoms with Crippen LogP contribution >= 0.6 is 0 Å². The van der Waals surface area contributed by atoms with Crippen LogP contribution in [0.1, 0.15) is 65.7 Å². The fourth-order valence-corrected chi connectivity index (χ4v) is 6.72. The lowest BCUT2D eigenvalue weighted by Gasteiger charge is -2.37. The van der Waals surface area contributed by atoms with Gasteiger partial charge in [0.25, 0.3) is 0 Å². The Kier molecular flexibility index (Phi) is 9.11. The third-order valence-electron chi connectivity index (χ3n) is 7.37. The molecule has 3 fully saturated rings. The molecule has 0 radical (unpaired) electrons. The van der Waals surface area contributed by atoms with Crippen LogP contribution in [0.3, 0.4) is 0 Å². The van der Waals surface area contributed by atoms with Gasteiger partial charge in [0.1, 0.15) is 16.6 Å². The molecule has 196 valence electrons. The molecule has 0 spiro atoms. The summed E-state index contributed by atoms with van der Waals surface area (Å²) in [7, 11) is -1.18. The van der Waals surface area contributed by atoms with E-state index < -0.39 is 16.6 Å². The van der Waals surface area contributed by atoms with Gasteiger partial charge < -0.3 is 19.9 Å². The molecule has 3 aliphatic heterocycles. The Labute approximate surface area is 214 Å². The van der Waals surface area contributed by atoms with Crippen molar-refractivity contribution in [3.05, 3.63) is 24.3 Å². The second-order valence-corrected chi connectivity index (χ2v) is 12.9. The summed E-state index contributed by atoms with van der Waals surface area (Å²) < 4.78 is 20.7. The summed E-state index contributed by atoms with van der Waals surface area (Å²) in [5, 5.41) is 2.96. The minimum Gasteiger partial charge on any atom is -0.444 e. The summed E-state index contributed by atoms with van der Waals surface area (Å²) >= 11 is 0. The molecule has 1 aromatic carbocycles. The van der Waals surface area contributed by atoms with Crippen LogP contribution in [-0.2, 0) is 15.7 Å². The lowest BCUT2D eigenvalue weighted by molar-refractivity contribution is 0.0490. The maximum absolute atomic E-state index is 13.3. The SMILES string of the molecule is CC(C)(C)OC(=O)NC1CCN(S(=O)c2cccc(N3CCC(CN4CCCCC4)CC3)c2)CC1. The first kappa shape index (κ1) is 26.4. The summed E-state index contributed by atoms with van der Waals surface area (Å²) in [6.45, 7) is 13.0. The van der Waals surface area contributed by atoms with Crippen LogP contribution in [0.25, 0.3) is 0 Å². The number of piperidine rings is 3. The topological polar surface area (TPSA) is 65.1 Å². The molecule has 3 heterocycles. The summed E-state index contributed by atoms with van der Waals surface area (Å²) in [4.78, 5) is 18.1. The Balaban J connectivity index is 1.24. The molecule has 1 atom stereocenters. The molecular weight excluding hydrogens is 460 g/mol. The van der Waals surface area contributed by atoms with Gasteiger partial charge in [-0.1, -0.05) is 12.5 Å². The van der Waals surface area contributed by atoms with Gasteiger partial charge in [-0.05, 0) is 96.5 Å². The van der Waals surface area contributed by atoms with Crippen LogP contribution in [-0.4, -0.2) is 77.0 Å². The number of anilines is 1. The molecule has 3 saturated heterocycles. The van der Waals surface area contributed by atoms with Gasteiger partial charge in [-0.25, -0.2) is 13.3 Å². The average Bonchev–Trinajstić information content (AvgIpc) is 2.84. The number of likely N-dealkylation sites (tertiary alicyclic amines) is 1. The second-order valence-electron chi connectivity index (χ2n) is 11.4. The van der Waals surface area contributed by atoms with Gasteiger partial charge in [0.15, 0.2) is 0 Å². The van der Waals surface area contributed by atoms with Gasteiger partial charge in [-0.2, -0.15) is 0 Å². The van der Waals surface area contributed by atoms with Gasteiger partial charge in [0.05, 0.1) is 4.90 Å². The minimum absolute atomic E-state index is 0.0654. The quantitative estimate of drug-likeness (QED) is 0.622. The Morgan fingerprint density at radius 2 is 1.69 bits per heavy atom. The standard InChI is InChI=1S/C27H44N4O3S/c1-27(2,3)34-26(32)28-23-12-18-31(19-13-23)35(33)25-9-7-8-24(20-25)30-16-10-22(11-17-30)21-29-14-5-4-6-15-29/h7-9,20,22-23H,4-6,10-19,21H2,1-3H3,(H,28,32). The van der Waals surface area contributed by atoms with Gasteiger partial charge in [-0.15, -0.1) is 0 Å². The lowest BCUT2D eigenvalue weighted by atomic mass is 9.95. The first-order valence-electron chi connectivity index (χ1n) is 13.5. The van der Waals surface area contributed by atoms with E-state index in [1.165, 1.54) is 57.4 Å². The number of benzene rings is 1. The summed E-state index contributed by atoms with van der Waals surface area (Å²) in [5.74, 6) is 0.803. The molecule has 0 saturated carbocycles. The molecule has 4 rings (SSSR count). The van der Waals surface area contributed by atoms with Gasteiger partial charge >= 0.3 is 6.09 Å². The van der Waals surface area contributed by atoms with E-state index in [1.54, 1.807) is 0 Å². The third-order valence-corrected chi connectivity index (χ3v) is 8.86. The molecule has 35 heavy (non-hydrogen) atoms. The number of amides is 1. The number of alkyl carbamates (subject to hydrolysis) is 1. The number of hydrogen-bond donors (Lipinski definition) is 1. The second kappa shape index (κ2) is 12.1. The van der Waals surface area contributed by atoms with Crippen LogP contribution < -0.4 is 10.2 Å². The van der Waals surface area contributed by atoms with Gasteiger partial charge in [0, 0.05) is 44.5 Å². The highest BCUT2D eigenvalue weighted by molar-refractivity contribution is 7.82. The zero-order chi connectivity index (χ0) is 24.8. The molecule has 8 heteroatoms. The largest absolute Gasteiger partial charge is 0.444 e. The lowest BCUT2D eigenvalue weighted by Crippen LogP contribution is -2.46. The molecule has 0 bridgehead atoms. The molecule has 1 unspecified atom stereocenters. The molecule has 1 aromatic rings. The van der Waals surface area contributed by atoms with Crippen molar-refractivity contribution in [2.45, 2.75) is 82.3 Å². The Hall–Kier alpha value is -1.64. The van der Waals surface area contributed by atoms with Crippen LogP contribution in [0.5, 0.6) is 0 Å². The fraction of sp³-hybridized carbons (Fsp3) is 0.741. The van der Waals surface area contributed by atoms with Crippen LogP contribution in [0.2, 0.25) is 0 Å². The van der Waals surface area contributed by atoms with Crippen LogP contribution in [0.15, 0.2) is 29.2 Å². The number of ether oxygens (including phenoxy) is 1. The summed E-state index contributed by atoms with van der Waals surface area (Å²) in [6.07, 6.45) is 7.77. The van der Waals surface area contributed by atoms with Crippen molar-refractivity contribution >= 4 is 22.8 Å². The molecule has 0 aromatic heterocycles. The molecule has 1 amide bonds. The van der Waals surface area contributed by atoms with Crippen molar-refractivity contribution < 1.29 is 13.7 Å². The monoisotopic (exact) mass is 504 g/mol. The number of carbonyl (C=O) groups excluding carboxylic acids is 1. The van der Waals surface area contributed by atoms with Crippen molar-refractivity contribution in [1.29, 1.82) is 0 Å². The van der Waals surface area contributed by atoms with Gasteiger partial charge in [-0.3, -0.25) is 0 Å². The van der Waals surface area contributed by atoms with E-state index in [4.69, 9.17) is 4.74 Å². The van der Waals surface area contributed by atoms with Crippen molar-refractivity contribution in [2.75, 3.05) is 50.7 Å². The van der Waals surface area contributed by atoms with Gasteiger partial charge in [0.2, 0.25) is 0 Å². The number of nitrogens with one attached hydrogen (secondary N) is 1. The normalized spacial score (nSPS) is 22.7. The first-order chi connectivity index (χ1) is 16.8. The Bertz CT molecular complexity index is 852. The van der Waals surface area contributed by atoms with E-state index in [-0.39, 0.29) is 12.1 Å². The zero-order valence-corrected chi connectivity index (χ0v) is 22.7. The Morgan fingerprint density at radius 3 is 2.34 bits per heavy atom. The maximum atomic E-state index is 13.3. The molecule has 3 aliphatic rings. The van der Waals surface area contributed by atoms with E-state index in [0.29, 0.717) is 13.1 Å². The number of nitrogens with zero attached hydrogens (tertiary/aromatic N) is 3. The predicted octanol–water partition coefficient (Wildman–Crippen LogP) is 4.40. The fourth-order valence-electron chi connectivity index (χ4n) is 5.46. The third kappa shape index (κ3) is 7.92.